The van der Waals surface area contributed by atoms with E-state index in [2.05, 4.69) is 19.2 Å². The topological polar surface area (TPSA) is 38.3 Å². The Labute approximate surface area is 86.2 Å². The summed E-state index contributed by atoms with van der Waals surface area (Å²) in [5.74, 6) is -0.0926. The first kappa shape index (κ1) is 11.5. The summed E-state index contributed by atoms with van der Waals surface area (Å²) in [5.41, 5.74) is -0.475. The van der Waals surface area contributed by atoms with Gasteiger partial charge in [0.15, 0.2) is 0 Å². The number of hydrogen-bond acceptors (Lipinski definition) is 3. The summed E-state index contributed by atoms with van der Waals surface area (Å²) in [6.45, 7) is 6.57. The summed E-state index contributed by atoms with van der Waals surface area (Å²) < 4.78 is 5.15. The average Bonchev–Trinajstić information content (AvgIpc) is 2.42. The maximum atomic E-state index is 11.9. The maximum absolute atomic E-state index is 11.9. The van der Waals surface area contributed by atoms with Crippen LogP contribution in [0.4, 0.5) is 0 Å². The van der Waals surface area contributed by atoms with Crippen LogP contribution in [-0.2, 0) is 9.53 Å². The van der Waals surface area contributed by atoms with Crippen LogP contribution in [0.2, 0.25) is 0 Å². The molecule has 0 aromatic rings. The van der Waals surface area contributed by atoms with Crippen molar-refractivity contribution in [3.63, 3.8) is 0 Å². The van der Waals surface area contributed by atoms with Crippen LogP contribution in [0.15, 0.2) is 0 Å². The van der Waals surface area contributed by atoms with Gasteiger partial charge in [-0.15, -0.1) is 0 Å². The van der Waals surface area contributed by atoms with Gasteiger partial charge in [-0.25, -0.2) is 0 Å². The van der Waals surface area contributed by atoms with E-state index in [1.54, 1.807) is 0 Å². The maximum Gasteiger partial charge on any atom is 0.326 e. The molecule has 3 heteroatoms. The highest BCUT2D eigenvalue weighted by Crippen LogP contribution is 2.46. The van der Waals surface area contributed by atoms with Crippen molar-refractivity contribution in [2.75, 3.05) is 13.7 Å². The first-order valence-corrected chi connectivity index (χ1v) is 5.36. The molecular formula is C11H21NO2. The predicted molar refractivity (Wildman–Crippen MR) is 56.1 cm³/mol. The van der Waals surface area contributed by atoms with Gasteiger partial charge >= 0.3 is 5.97 Å². The van der Waals surface area contributed by atoms with E-state index in [0.717, 1.165) is 19.3 Å². The third-order valence-corrected chi connectivity index (χ3v) is 3.56. The van der Waals surface area contributed by atoms with Crippen molar-refractivity contribution in [2.24, 2.45) is 5.41 Å². The number of carbonyl (C=O) groups excluding carboxylic acids is 1. The molecule has 0 aromatic carbocycles. The molecule has 3 nitrogen and oxygen atoms in total. The minimum atomic E-state index is -0.469. The van der Waals surface area contributed by atoms with Gasteiger partial charge in [-0.1, -0.05) is 20.3 Å². The molecule has 1 fully saturated rings. The van der Waals surface area contributed by atoms with Gasteiger partial charge in [-0.2, -0.15) is 0 Å². The Morgan fingerprint density at radius 3 is 2.43 bits per heavy atom. The molecule has 0 spiro atoms. The molecule has 0 amide bonds. The van der Waals surface area contributed by atoms with Gasteiger partial charge in [0.1, 0.15) is 5.54 Å². The molecule has 0 aromatic heterocycles. The van der Waals surface area contributed by atoms with Gasteiger partial charge < -0.3 is 10.1 Å². The van der Waals surface area contributed by atoms with Crippen molar-refractivity contribution >= 4 is 5.97 Å². The van der Waals surface area contributed by atoms with E-state index in [1.807, 2.05) is 14.0 Å². The third-order valence-electron chi connectivity index (χ3n) is 3.56. The van der Waals surface area contributed by atoms with E-state index in [9.17, 15) is 4.79 Å². The number of ether oxygens (including phenoxy) is 1. The lowest BCUT2D eigenvalue weighted by molar-refractivity contribution is -0.155. The van der Waals surface area contributed by atoms with Crippen molar-refractivity contribution in [1.29, 1.82) is 0 Å². The molecule has 14 heavy (non-hydrogen) atoms. The molecule has 1 saturated carbocycles. The fraction of sp³-hybridized carbons (Fsp3) is 0.909. The van der Waals surface area contributed by atoms with Gasteiger partial charge in [0, 0.05) is 0 Å². The number of rotatable bonds is 3. The Morgan fingerprint density at radius 2 is 2.07 bits per heavy atom. The molecule has 0 bridgehead atoms. The fourth-order valence-corrected chi connectivity index (χ4v) is 2.55. The molecule has 1 aliphatic rings. The summed E-state index contributed by atoms with van der Waals surface area (Å²) in [7, 11) is 1.85. The number of likely N-dealkylation sites (N-methyl/N-ethyl adjacent to an activating group) is 1. The molecule has 0 heterocycles. The van der Waals surface area contributed by atoms with E-state index in [4.69, 9.17) is 4.74 Å². The van der Waals surface area contributed by atoms with E-state index in [0.29, 0.717) is 6.61 Å². The molecule has 1 aliphatic carbocycles. The summed E-state index contributed by atoms with van der Waals surface area (Å²) in [6, 6.07) is 0. The Kier molecular flexibility index (Phi) is 3.20. The Morgan fingerprint density at radius 1 is 1.43 bits per heavy atom. The second-order valence-electron chi connectivity index (χ2n) is 4.61. The van der Waals surface area contributed by atoms with Crippen molar-refractivity contribution in [3.05, 3.63) is 0 Å². The fourth-order valence-electron chi connectivity index (χ4n) is 2.55. The van der Waals surface area contributed by atoms with Crippen LogP contribution in [0.3, 0.4) is 0 Å². The van der Waals surface area contributed by atoms with Crippen LogP contribution in [0.1, 0.15) is 40.0 Å². The minimum Gasteiger partial charge on any atom is -0.465 e. The van der Waals surface area contributed by atoms with Crippen LogP contribution >= 0.6 is 0 Å². The van der Waals surface area contributed by atoms with E-state index in [-0.39, 0.29) is 11.4 Å². The number of carbonyl (C=O) groups is 1. The van der Waals surface area contributed by atoms with Crippen LogP contribution in [0.25, 0.3) is 0 Å². The molecular weight excluding hydrogens is 178 g/mol. The van der Waals surface area contributed by atoms with Crippen molar-refractivity contribution in [1.82, 2.24) is 5.32 Å². The summed E-state index contributed by atoms with van der Waals surface area (Å²) >= 11 is 0. The number of nitrogens with one attached hydrogen (secondary N) is 1. The van der Waals surface area contributed by atoms with Crippen LogP contribution in [-0.4, -0.2) is 25.2 Å². The lowest BCUT2D eigenvalue weighted by Crippen LogP contribution is -2.58. The predicted octanol–water partition coefficient (Wildman–Crippen LogP) is 1.72. The van der Waals surface area contributed by atoms with Crippen LogP contribution in [0.5, 0.6) is 0 Å². The third kappa shape index (κ3) is 1.54. The second-order valence-corrected chi connectivity index (χ2v) is 4.61. The quantitative estimate of drug-likeness (QED) is 0.703. The first-order valence-electron chi connectivity index (χ1n) is 5.36. The zero-order chi connectivity index (χ0) is 10.8. The van der Waals surface area contributed by atoms with E-state index >= 15 is 0 Å². The van der Waals surface area contributed by atoms with Gasteiger partial charge in [0.2, 0.25) is 0 Å². The van der Waals surface area contributed by atoms with Gasteiger partial charge in [-0.05, 0) is 32.2 Å². The van der Waals surface area contributed by atoms with Crippen molar-refractivity contribution < 1.29 is 9.53 Å². The zero-order valence-corrected chi connectivity index (χ0v) is 9.64. The average molecular weight is 199 g/mol. The van der Waals surface area contributed by atoms with Gasteiger partial charge in [0.05, 0.1) is 6.61 Å². The molecule has 82 valence electrons. The monoisotopic (exact) mass is 199 g/mol. The van der Waals surface area contributed by atoms with Crippen LogP contribution in [0, 0.1) is 5.41 Å². The molecule has 0 saturated heterocycles. The first-order chi connectivity index (χ1) is 6.50. The van der Waals surface area contributed by atoms with Crippen molar-refractivity contribution in [2.45, 2.75) is 45.6 Å². The number of esters is 1. The van der Waals surface area contributed by atoms with Gasteiger partial charge in [-0.3, -0.25) is 4.79 Å². The van der Waals surface area contributed by atoms with Crippen molar-refractivity contribution in [3.8, 4) is 0 Å². The van der Waals surface area contributed by atoms with Crippen LogP contribution < -0.4 is 5.32 Å². The molecule has 0 radical (unpaired) electrons. The lowest BCUT2D eigenvalue weighted by Gasteiger charge is -2.38. The largest absolute Gasteiger partial charge is 0.465 e. The molecule has 1 rings (SSSR count). The SMILES string of the molecule is CCOC(=O)C1(NC)CCCC1(C)C. The Hall–Kier alpha value is -0.570. The molecule has 1 unspecified atom stereocenters. The molecule has 0 aliphatic heterocycles. The summed E-state index contributed by atoms with van der Waals surface area (Å²) in [6.07, 6.45) is 3.05. The standard InChI is InChI=1S/C11H21NO2/c1-5-14-9(13)11(12-4)8-6-7-10(11,2)3/h12H,5-8H2,1-4H3. The summed E-state index contributed by atoms with van der Waals surface area (Å²) in [4.78, 5) is 11.9. The molecule has 1 atom stereocenters. The normalized spacial score (nSPS) is 30.3. The molecule has 1 N–H and O–H groups in total. The van der Waals surface area contributed by atoms with E-state index in [1.165, 1.54) is 0 Å². The minimum absolute atomic E-state index is 0.00595. The Balaban J connectivity index is 2.90. The highest BCUT2D eigenvalue weighted by atomic mass is 16.5. The zero-order valence-electron chi connectivity index (χ0n) is 9.64. The highest BCUT2D eigenvalue weighted by molar-refractivity contribution is 5.82. The Bertz CT molecular complexity index is 225. The summed E-state index contributed by atoms with van der Waals surface area (Å²) in [5, 5.41) is 3.18. The highest BCUT2D eigenvalue weighted by Gasteiger charge is 2.54. The van der Waals surface area contributed by atoms with Gasteiger partial charge in [0.25, 0.3) is 0 Å². The van der Waals surface area contributed by atoms with E-state index < -0.39 is 5.54 Å². The lowest BCUT2D eigenvalue weighted by atomic mass is 9.75. The second kappa shape index (κ2) is 3.89. The smallest absolute Gasteiger partial charge is 0.326 e. The number of hydrogen-bond donors (Lipinski definition) is 1.